The lowest BCUT2D eigenvalue weighted by atomic mass is 10.2. The van der Waals surface area contributed by atoms with E-state index in [9.17, 15) is 4.79 Å². The fraction of sp³-hybridized carbons (Fsp3) is 0.462. The zero-order chi connectivity index (χ0) is 13.7. The smallest absolute Gasteiger partial charge is 0.319 e. The minimum Gasteiger partial charge on any atom is -0.468 e. The standard InChI is InChI=1S/C13H17Cl2NO2/c1-9(2)16(8-13(17)18-3)7-10-6-11(14)4-5-12(10)15/h4-6,9H,7-8H2,1-3H3. The maximum Gasteiger partial charge on any atom is 0.319 e. The molecule has 1 rings (SSSR count). The molecular weight excluding hydrogens is 273 g/mol. The number of hydrogen-bond donors (Lipinski definition) is 0. The summed E-state index contributed by atoms with van der Waals surface area (Å²) in [6.07, 6.45) is 0. The minimum atomic E-state index is -0.262. The van der Waals surface area contributed by atoms with Crippen LogP contribution in [0, 0.1) is 0 Å². The van der Waals surface area contributed by atoms with Crippen LogP contribution in [0.15, 0.2) is 18.2 Å². The Kier molecular flexibility index (Phi) is 5.93. The van der Waals surface area contributed by atoms with Gasteiger partial charge in [-0.05, 0) is 37.6 Å². The largest absolute Gasteiger partial charge is 0.468 e. The summed E-state index contributed by atoms with van der Waals surface area (Å²) in [7, 11) is 1.38. The molecule has 100 valence electrons. The lowest BCUT2D eigenvalue weighted by Gasteiger charge is -2.25. The fourth-order valence-electron chi connectivity index (χ4n) is 1.53. The van der Waals surface area contributed by atoms with Gasteiger partial charge < -0.3 is 4.74 Å². The molecular formula is C13H17Cl2NO2. The highest BCUT2D eigenvalue weighted by Gasteiger charge is 2.16. The molecule has 0 aliphatic carbocycles. The lowest BCUT2D eigenvalue weighted by Crippen LogP contribution is -2.35. The van der Waals surface area contributed by atoms with Crippen molar-refractivity contribution in [1.29, 1.82) is 0 Å². The molecule has 0 radical (unpaired) electrons. The van der Waals surface area contributed by atoms with E-state index in [4.69, 9.17) is 23.2 Å². The second kappa shape index (κ2) is 6.98. The highest BCUT2D eigenvalue weighted by Crippen LogP contribution is 2.22. The molecule has 0 atom stereocenters. The molecule has 1 aromatic rings. The monoisotopic (exact) mass is 289 g/mol. The van der Waals surface area contributed by atoms with Crippen LogP contribution in [0.4, 0.5) is 0 Å². The van der Waals surface area contributed by atoms with Gasteiger partial charge in [0.15, 0.2) is 0 Å². The summed E-state index contributed by atoms with van der Waals surface area (Å²) in [6.45, 7) is 4.83. The Morgan fingerprint density at radius 3 is 2.61 bits per heavy atom. The first-order valence-electron chi connectivity index (χ1n) is 5.68. The Morgan fingerprint density at radius 2 is 2.06 bits per heavy atom. The van der Waals surface area contributed by atoms with Gasteiger partial charge in [0.1, 0.15) is 0 Å². The molecule has 0 amide bonds. The highest BCUT2D eigenvalue weighted by molar-refractivity contribution is 6.33. The number of carbonyl (C=O) groups is 1. The van der Waals surface area contributed by atoms with Gasteiger partial charge >= 0.3 is 5.97 Å². The highest BCUT2D eigenvalue weighted by atomic mass is 35.5. The van der Waals surface area contributed by atoms with E-state index in [0.29, 0.717) is 16.6 Å². The number of methoxy groups -OCH3 is 1. The second-order valence-electron chi connectivity index (χ2n) is 4.31. The van der Waals surface area contributed by atoms with E-state index < -0.39 is 0 Å². The molecule has 0 aromatic heterocycles. The van der Waals surface area contributed by atoms with Crippen molar-refractivity contribution >= 4 is 29.2 Å². The van der Waals surface area contributed by atoms with Crippen LogP contribution in [0.3, 0.4) is 0 Å². The van der Waals surface area contributed by atoms with Crippen molar-refractivity contribution in [3.8, 4) is 0 Å². The van der Waals surface area contributed by atoms with Crippen LogP contribution < -0.4 is 0 Å². The van der Waals surface area contributed by atoms with Gasteiger partial charge in [-0.3, -0.25) is 9.69 Å². The Balaban J connectivity index is 2.83. The molecule has 18 heavy (non-hydrogen) atoms. The number of benzene rings is 1. The Morgan fingerprint density at radius 1 is 1.39 bits per heavy atom. The molecule has 0 heterocycles. The first kappa shape index (κ1) is 15.3. The number of carbonyl (C=O) groups excluding carboxylic acids is 1. The third-order valence-electron chi connectivity index (χ3n) is 2.67. The SMILES string of the molecule is COC(=O)CN(Cc1cc(Cl)ccc1Cl)C(C)C. The normalized spacial score (nSPS) is 11.1. The quantitative estimate of drug-likeness (QED) is 0.779. The Labute approximate surface area is 118 Å². The van der Waals surface area contributed by atoms with E-state index in [1.807, 2.05) is 24.8 Å². The molecule has 0 fully saturated rings. The van der Waals surface area contributed by atoms with Crippen LogP contribution in [0.2, 0.25) is 10.0 Å². The molecule has 3 nitrogen and oxygen atoms in total. The number of hydrogen-bond acceptors (Lipinski definition) is 3. The van der Waals surface area contributed by atoms with Gasteiger partial charge in [0.25, 0.3) is 0 Å². The first-order valence-corrected chi connectivity index (χ1v) is 6.44. The summed E-state index contributed by atoms with van der Waals surface area (Å²) in [5.41, 5.74) is 0.904. The van der Waals surface area contributed by atoms with Crippen LogP contribution in [0.25, 0.3) is 0 Å². The molecule has 0 saturated carbocycles. The predicted molar refractivity (Wildman–Crippen MR) is 74.0 cm³/mol. The number of esters is 1. The van der Waals surface area contributed by atoms with E-state index in [1.54, 1.807) is 12.1 Å². The molecule has 5 heteroatoms. The zero-order valence-electron chi connectivity index (χ0n) is 10.7. The summed E-state index contributed by atoms with van der Waals surface area (Å²) in [4.78, 5) is 13.3. The molecule has 1 aromatic carbocycles. The van der Waals surface area contributed by atoms with Crippen molar-refractivity contribution in [3.63, 3.8) is 0 Å². The Hall–Kier alpha value is -0.770. The molecule has 0 bridgehead atoms. The predicted octanol–water partition coefficient (Wildman–Crippen LogP) is 3.38. The minimum absolute atomic E-state index is 0.208. The number of halogens is 2. The summed E-state index contributed by atoms with van der Waals surface area (Å²) in [5.74, 6) is -0.262. The van der Waals surface area contributed by atoms with Crippen molar-refractivity contribution in [2.24, 2.45) is 0 Å². The van der Waals surface area contributed by atoms with E-state index in [0.717, 1.165) is 5.56 Å². The fourth-order valence-corrected chi connectivity index (χ4v) is 1.91. The van der Waals surface area contributed by atoms with E-state index in [-0.39, 0.29) is 18.6 Å². The van der Waals surface area contributed by atoms with Crippen molar-refractivity contribution < 1.29 is 9.53 Å². The summed E-state index contributed by atoms with van der Waals surface area (Å²) in [5, 5.41) is 1.28. The van der Waals surface area contributed by atoms with Gasteiger partial charge in [0.2, 0.25) is 0 Å². The number of nitrogens with zero attached hydrogens (tertiary/aromatic N) is 1. The topological polar surface area (TPSA) is 29.5 Å². The number of rotatable bonds is 5. The van der Waals surface area contributed by atoms with Crippen molar-refractivity contribution in [3.05, 3.63) is 33.8 Å². The molecule has 0 saturated heterocycles. The maximum absolute atomic E-state index is 11.3. The maximum atomic E-state index is 11.3. The van der Waals surface area contributed by atoms with Crippen LogP contribution in [-0.2, 0) is 16.1 Å². The van der Waals surface area contributed by atoms with Crippen molar-refractivity contribution in [2.45, 2.75) is 26.4 Å². The van der Waals surface area contributed by atoms with E-state index in [2.05, 4.69) is 4.74 Å². The van der Waals surface area contributed by atoms with Gasteiger partial charge in [-0.15, -0.1) is 0 Å². The van der Waals surface area contributed by atoms with Crippen molar-refractivity contribution in [2.75, 3.05) is 13.7 Å². The van der Waals surface area contributed by atoms with Crippen LogP contribution >= 0.6 is 23.2 Å². The van der Waals surface area contributed by atoms with E-state index in [1.165, 1.54) is 7.11 Å². The molecule has 0 aliphatic rings. The van der Waals surface area contributed by atoms with Gasteiger partial charge in [-0.1, -0.05) is 23.2 Å². The van der Waals surface area contributed by atoms with Crippen molar-refractivity contribution in [1.82, 2.24) is 4.90 Å². The zero-order valence-corrected chi connectivity index (χ0v) is 12.3. The third kappa shape index (κ3) is 4.48. The molecule has 0 N–H and O–H groups in total. The third-order valence-corrected chi connectivity index (χ3v) is 3.28. The van der Waals surface area contributed by atoms with Crippen LogP contribution in [-0.4, -0.2) is 30.6 Å². The second-order valence-corrected chi connectivity index (χ2v) is 5.15. The van der Waals surface area contributed by atoms with Gasteiger partial charge in [-0.2, -0.15) is 0 Å². The van der Waals surface area contributed by atoms with Gasteiger partial charge in [0, 0.05) is 22.6 Å². The molecule has 0 unspecified atom stereocenters. The summed E-state index contributed by atoms with van der Waals surface area (Å²) < 4.78 is 4.68. The van der Waals surface area contributed by atoms with Crippen LogP contribution in [0.5, 0.6) is 0 Å². The average molecular weight is 290 g/mol. The van der Waals surface area contributed by atoms with E-state index >= 15 is 0 Å². The van der Waals surface area contributed by atoms with Gasteiger partial charge in [0.05, 0.1) is 13.7 Å². The van der Waals surface area contributed by atoms with Gasteiger partial charge in [-0.25, -0.2) is 0 Å². The summed E-state index contributed by atoms with van der Waals surface area (Å²) in [6, 6.07) is 5.53. The first-order chi connectivity index (χ1) is 8.43. The molecule has 0 spiro atoms. The Bertz CT molecular complexity index is 421. The lowest BCUT2D eigenvalue weighted by molar-refractivity contribution is -0.142. The average Bonchev–Trinajstić information content (AvgIpc) is 2.32. The number of ether oxygens (including phenoxy) is 1. The van der Waals surface area contributed by atoms with Crippen LogP contribution in [0.1, 0.15) is 19.4 Å². The molecule has 0 aliphatic heterocycles. The summed E-state index contributed by atoms with van der Waals surface area (Å²) >= 11 is 12.1.